The normalized spacial score (nSPS) is 18.1. The molecule has 2 N–H and O–H groups in total. The van der Waals surface area contributed by atoms with E-state index in [1.54, 1.807) is 0 Å². The first-order valence-electron chi connectivity index (χ1n) is 6.94. The largest absolute Gasteiger partial charge is 0.493 e. The van der Waals surface area contributed by atoms with Crippen LogP contribution in [0.15, 0.2) is 24.3 Å². The lowest BCUT2D eigenvalue weighted by Crippen LogP contribution is -2.13. The van der Waals surface area contributed by atoms with Crippen molar-refractivity contribution in [2.24, 2.45) is 11.7 Å². The maximum atomic E-state index is 5.70. The molecule has 110 valence electrons. The Bertz CT molecular complexity index is 433. The molecule has 0 radical (unpaired) electrons. The Morgan fingerprint density at radius 3 is 2.95 bits per heavy atom. The van der Waals surface area contributed by atoms with Crippen LogP contribution in [0.2, 0.25) is 0 Å². The summed E-state index contributed by atoms with van der Waals surface area (Å²) >= 11 is 4.99. The van der Waals surface area contributed by atoms with Gasteiger partial charge in [-0.2, -0.15) is 0 Å². The first-order valence-corrected chi connectivity index (χ1v) is 7.35. The van der Waals surface area contributed by atoms with E-state index < -0.39 is 0 Å². The molecule has 5 heteroatoms. The van der Waals surface area contributed by atoms with Crippen molar-refractivity contribution in [1.82, 2.24) is 0 Å². The molecule has 0 aromatic heterocycles. The highest BCUT2D eigenvalue weighted by molar-refractivity contribution is 7.80. The van der Waals surface area contributed by atoms with Gasteiger partial charge in [-0.05, 0) is 18.6 Å². The van der Waals surface area contributed by atoms with Gasteiger partial charge in [0.1, 0.15) is 10.7 Å². The summed E-state index contributed by atoms with van der Waals surface area (Å²) in [6.45, 7) is 3.78. The highest BCUT2D eigenvalue weighted by atomic mass is 32.1. The van der Waals surface area contributed by atoms with E-state index in [2.05, 4.69) is 0 Å². The zero-order valence-electron chi connectivity index (χ0n) is 11.5. The van der Waals surface area contributed by atoms with Gasteiger partial charge in [0, 0.05) is 25.6 Å². The molecule has 0 saturated carbocycles. The Morgan fingerprint density at radius 2 is 2.20 bits per heavy atom. The molecule has 1 unspecified atom stereocenters. The standard InChI is InChI=1S/C15H21NO3S/c16-15(20)13-4-1-2-5-14(13)19-8-3-7-17-10-12-6-9-18-11-12/h1-2,4-5,12H,3,6-11H2,(H2,16,20). The average molecular weight is 295 g/mol. The van der Waals surface area contributed by atoms with Crippen molar-refractivity contribution in [2.45, 2.75) is 12.8 Å². The molecule has 1 aromatic rings. The van der Waals surface area contributed by atoms with Crippen LogP contribution in [0.3, 0.4) is 0 Å². The molecule has 0 amide bonds. The lowest BCUT2D eigenvalue weighted by Gasteiger charge is -2.11. The summed E-state index contributed by atoms with van der Waals surface area (Å²) < 4.78 is 16.6. The minimum Gasteiger partial charge on any atom is -0.493 e. The molecule has 1 atom stereocenters. The Balaban J connectivity index is 1.62. The van der Waals surface area contributed by atoms with E-state index in [1.165, 1.54) is 0 Å². The number of para-hydroxylation sites is 1. The van der Waals surface area contributed by atoms with Crippen LogP contribution < -0.4 is 10.5 Å². The number of rotatable bonds is 8. The van der Waals surface area contributed by atoms with Gasteiger partial charge in [-0.1, -0.05) is 24.4 Å². The van der Waals surface area contributed by atoms with E-state index >= 15 is 0 Å². The van der Waals surface area contributed by atoms with Crippen molar-refractivity contribution in [3.8, 4) is 5.75 Å². The summed E-state index contributed by atoms with van der Waals surface area (Å²) in [6, 6.07) is 7.56. The molecule has 0 bridgehead atoms. The van der Waals surface area contributed by atoms with Crippen LogP contribution in [-0.2, 0) is 9.47 Å². The topological polar surface area (TPSA) is 53.7 Å². The molecular weight excluding hydrogens is 274 g/mol. The summed E-state index contributed by atoms with van der Waals surface area (Å²) in [4.78, 5) is 0.359. The first-order chi connectivity index (χ1) is 9.77. The van der Waals surface area contributed by atoms with Gasteiger partial charge in [-0.25, -0.2) is 0 Å². The molecule has 1 aliphatic heterocycles. The van der Waals surface area contributed by atoms with Crippen LogP contribution in [-0.4, -0.2) is 38.0 Å². The van der Waals surface area contributed by atoms with Gasteiger partial charge in [0.05, 0.1) is 25.4 Å². The fourth-order valence-corrected chi connectivity index (χ4v) is 2.27. The molecule has 2 rings (SSSR count). The van der Waals surface area contributed by atoms with Gasteiger partial charge in [0.15, 0.2) is 0 Å². The van der Waals surface area contributed by atoms with Gasteiger partial charge in [-0.15, -0.1) is 0 Å². The van der Waals surface area contributed by atoms with Crippen LogP contribution in [0.4, 0.5) is 0 Å². The second-order valence-corrected chi connectivity index (χ2v) is 5.31. The predicted octanol–water partition coefficient (Wildman–Crippen LogP) is 2.14. The van der Waals surface area contributed by atoms with Gasteiger partial charge in [0.2, 0.25) is 0 Å². The molecule has 4 nitrogen and oxygen atoms in total. The molecule has 1 aromatic carbocycles. The Hall–Kier alpha value is -1.17. The summed E-state index contributed by atoms with van der Waals surface area (Å²) in [6.07, 6.45) is 1.96. The Labute approximate surface area is 125 Å². The number of ether oxygens (including phenoxy) is 3. The van der Waals surface area contributed by atoms with Gasteiger partial charge < -0.3 is 19.9 Å². The molecule has 1 fully saturated rings. The first kappa shape index (κ1) is 15.2. The lowest BCUT2D eigenvalue weighted by molar-refractivity contribution is 0.0814. The monoisotopic (exact) mass is 295 g/mol. The maximum absolute atomic E-state index is 5.70. The zero-order valence-corrected chi connectivity index (χ0v) is 12.4. The van der Waals surface area contributed by atoms with E-state index in [-0.39, 0.29) is 0 Å². The quantitative estimate of drug-likeness (QED) is 0.588. The Kier molecular flexibility index (Phi) is 6.24. The molecule has 20 heavy (non-hydrogen) atoms. The highest BCUT2D eigenvalue weighted by Crippen LogP contribution is 2.18. The lowest BCUT2D eigenvalue weighted by atomic mass is 10.1. The third kappa shape index (κ3) is 4.74. The van der Waals surface area contributed by atoms with Crippen molar-refractivity contribution in [3.63, 3.8) is 0 Å². The van der Waals surface area contributed by atoms with Crippen LogP contribution in [0.1, 0.15) is 18.4 Å². The molecule has 0 aliphatic carbocycles. The third-order valence-electron chi connectivity index (χ3n) is 3.22. The smallest absolute Gasteiger partial charge is 0.129 e. The molecular formula is C15H21NO3S. The summed E-state index contributed by atoms with van der Waals surface area (Å²) in [5.74, 6) is 1.30. The Morgan fingerprint density at radius 1 is 1.35 bits per heavy atom. The summed E-state index contributed by atoms with van der Waals surface area (Å²) in [7, 11) is 0. The van der Waals surface area contributed by atoms with Crippen LogP contribution in [0, 0.1) is 5.92 Å². The molecule has 0 spiro atoms. The summed E-state index contributed by atoms with van der Waals surface area (Å²) in [5, 5.41) is 0. The zero-order chi connectivity index (χ0) is 14.2. The fourth-order valence-electron chi connectivity index (χ4n) is 2.10. The predicted molar refractivity (Wildman–Crippen MR) is 82.2 cm³/mol. The number of thiocarbonyl (C=S) groups is 1. The number of nitrogens with two attached hydrogens (primary N) is 1. The number of hydrogen-bond acceptors (Lipinski definition) is 4. The van der Waals surface area contributed by atoms with E-state index in [9.17, 15) is 0 Å². The van der Waals surface area contributed by atoms with Crippen molar-refractivity contribution in [3.05, 3.63) is 29.8 Å². The minimum absolute atomic E-state index is 0.359. The minimum atomic E-state index is 0.359. The van der Waals surface area contributed by atoms with Crippen molar-refractivity contribution in [2.75, 3.05) is 33.0 Å². The molecule has 1 saturated heterocycles. The van der Waals surface area contributed by atoms with Gasteiger partial charge in [-0.3, -0.25) is 0 Å². The summed E-state index contributed by atoms with van der Waals surface area (Å²) in [5.41, 5.74) is 6.44. The van der Waals surface area contributed by atoms with Crippen molar-refractivity contribution in [1.29, 1.82) is 0 Å². The number of hydrogen-bond donors (Lipinski definition) is 1. The SMILES string of the molecule is NC(=S)c1ccccc1OCCCOCC1CCOC1. The molecule has 1 aliphatic rings. The van der Waals surface area contributed by atoms with E-state index in [4.69, 9.17) is 32.2 Å². The van der Waals surface area contributed by atoms with E-state index in [0.29, 0.717) is 24.1 Å². The fraction of sp³-hybridized carbons (Fsp3) is 0.533. The maximum Gasteiger partial charge on any atom is 0.129 e. The van der Waals surface area contributed by atoms with Gasteiger partial charge >= 0.3 is 0 Å². The van der Waals surface area contributed by atoms with Crippen LogP contribution >= 0.6 is 12.2 Å². The van der Waals surface area contributed by atoms with Crippen LogP contribution in [0.25, 0.3) is 0 Å². The van der Waals surface area contributed by atoms with Crippen molar-refractivity contribution < 1.29 is 14.2 Å². The van der Waals surface area contributed by atoms with Gasteiger partial charge in [0.25, 0.3) is 0 Å². The van der Waals surface area contributed by atoms with E-state index in [1.807, 2.05) is 24.3 Å². The third-order valence-corrected chi connectivity index (χ3v) is 3.44. The second kappa shape index (κ2) is 8.19. The highest BCUT2D eigenvalue weighted by Gasteiger charge is 2.15. The second-order valence-electron chi connectivity index (χ2n) is 4.87. The van der Waals surface area contributed by atoms with Crippen LogP contribution in [0.5, 0.6) is 5.75 Å². The van der Waals surface area contributed by atoms with E-state index in [0.717, 1.165) is 44.0 Å². The molecule has 1 heterocycles. The van der Waals surface area contributed by atoms with Crippen molar-refractivity contribution >= 4 is 17.2 Å². The number of benzene rings is 1. The average Bonchev–Trinajstić information content (AvgIpc) is 2.96.